The standard InChI is InChI=1S/C21H26FN7O13P2/c22-12-14(30)10(40-20(12)28-3-1-2-9(4-28)18(24)33)5-38-43(34,35)42-44(36,37)39-6-11-15(31)16(32)21(41-11)29-8-27-13-17(23)25-7-26-19(13)29/h1-4,7-8,10-12,14-16,20-21,30-32H,5-6H2,(H5-,23,24,25,26,33,34,35,36,37)/p+1/t10-,11-,12-,14-,15-,16-,20-,21-/m1/s1. The fraction of sp³-hybridized carbons (Fsp3) is 0.476. The maximum atomic E-state index is 14.8. The monoisotopic (exact) mass is 666 g/mol. The number of rotatable bonds is 11. The van der Waals surface area contributed by atoms with Crippen LogP contribution in [-0.2, 0) is 32.0 Å². The number of carbonyl (C=O) groups excluding carboxylic acids is 1. The quantitative estimate of drug-likeness (QED) is 0.0856. The van der Waals surface area contributed by atoms with Crippen molar-refractivity contribution in [2.75, 3.05) is 18.9 Å². The topological polar surface area (TPSA) is 298 Å². The predicted molar refractivity (Wildman–Crippen MR) is 138 cm³/mol. The van der Waals surface area contributed by atoms with Gasteiger partial charge in [0.2, 0.25) is 6.17 Å². The molecule has 2 unspecified atom stereocenters. The summed E-state index contributed by atoms with van der Waals surface area (Å²) in [4.78, 5) is 43.2. The van der Waals surface area contributed by atoms with E-state index in [1.807, 2.05) is 0 Å². The molecule has 0 saturated carbocycles. The molecule has 5 rings (SSSR count). The van der Waals surface area contributed by atoms with Crippen molar-refractivity contribution in [3.8, 4) is 0 Å². The van der Waals surface area contributed by atoms with Gasteiger partial charge in [-0.3, -0.25) is 18.4 Å². The fourth-order valence-corrected chi connectivity index (χ4v) is 6.63. The normalized spacial score (nSPS) is 31.6. The van der Waals surface area contributed by atoms with Gasteiger partial charge in [-0.05, 0) is 6.07 Å². The molecule has 2 fully saturated rings. The van der Waals surface area contributed by atoms with E-state index < -0.39 is 83.9 Å². The number of aliphatic hydroxyl groups is 3. The van der Waals surface area contributed by atoms with Gasteiger partial charge in [0.1, 0.15) is 47.9 Å². The van der Waals surface area contributed by atoms with Gasteiger partial charge in [0.25, 0.3) is 12.1 Å². The summed E-state index contributed by atoms with van der Waals surface area (Å²) in [5, 5.41) is 31.1. The van der Waals surface area contributed by atoms with Crippen LogP contribution in [0.4, 0.5) is 10.2 Å². The van der Waals surface area contributed by atoms with Crippen LogP contribution in [0.1, 0.15) is 22.8 Å². The number of hydrogen-bond acceptors (Lipinski definition) is 15. The zero-order chi connectivity index (χ0) is 32.0. The summed E-state index contributed by atoms with van der Waals surface area (Å²) in [5.41, 5.74) is 11.3. The molecule has 5 heterocycles. The van der Waals surface area contributed by atoms with Gasteiger partial charge >= 0.3 is 15.6 Å². The first-order chi connectivity index (χ1) is 20.7. The van der Waals surface area contributed by atoms with Crippen molar-refractivity contribution < 1.29 is 70.8 Å². The number of carbonyl (C=O) groups is 1. The van der Waals surface area contributed by atoms with Crippen LogP contribution in [-0.4, -0.2) is 100 Å². The molecule has 0 radical (unpaired) electrons. The van der Waals surface area contributed by atoms with Gasteiger partial charge in [-0.2, -0.15) is 8.88 Å². The Hall–Kier alpha value is -3.04. The van der Waals surface area contributed by atoms with E-state index in [-0.39, 0.29) is 22.5 Å². The second kappa shape index (κ2) is 12.4. The second-order valence-corrected chi connectivity index (χ2v) is 12.7. The lowest BCUT2D eigenvalue weighted by Gasteiger charge is -2.20. The molecule has 0 aromatic carbocycles. The average Bonchev–Trinajstić information content (AvgIpc) is 3.61. The van der Waals surface area contributed by atoms with Crippen molar-refractivity contribution in [3.63, 3.8) is 0 Å². The molecular formula is C21H27FN7O13P2+. The van der Waals surface area contributed by atoms with Gasteiger partial charge in [-0.1, -0.05) is 0 Å². The number of aromatic nitrogens is 5. The van der Waals surface area contributed by atoms with Crippen molar-refractivity contribution >= 4 is 38.5 Å². The summed E-state index contributed by atoms with van der Waals surface area (Å²) in [6.45, 7) is -1.89. The Morgan fingerprint density at radius 1 is 1.05 bits per heavy atom. The first-order valence-corrected chi connectivity index (χ1v) is 15.6. The lowest BCUT2D eigenvalue weighted by Crippen LogP contribution is -2.45. The van der Waals surface area contributed by atoms with E-state index in [0.717, 1.165) is 10.9 Å². The number of halogens is 1. The summed E-state index contributed by atoms with van der Waals surface area (Å²) in [6.07, 6.45) is -8.14. The molecule has 0 aliphatic carbocycles. The third kappa shape index (κ3) is 6.64. The Bertz CT molecular complexity index is 1630. The number of amides is 1. The molecule has 3 aromatic rings. The molecule has 240 valence electrons. The van der Waals surface area contributed by atoms with Gasteiger partial charge in [-0.15, -0.1) is 0 Å². The second-order valence-electron chi connectivity index (χ2n) is 9.64. The van der Waals surface area contributed by atoms with E-state index in [4.69, 9.17) is 20.9 Å². The Labute approximate surface area is 245 Å². The number of phosphoric acid groups is 2. The number of phosphoric ester groups is 2. The van der Waals surface area contributed by atoms with Crippen LogP contribution in [0.25, 0.3) is 11.2 Å². The summed E-state index contributed by atoms with van der Waals surface area (Å²) in [5.74, 6) is -0.761. The molecule has 3 aromatic heterocycles. The number of hydrogen-bond donors (Lipinski definition) is 7. The number of aliphatic hydroxyl groups excluding tert-OH is 3. The zero-order valence-corrected chi connectivity index (χ0v) is 24.0. The number of primary amides is 1. The molecule has 23 heteroatoms. The molecule has 9 N–H and O–H groups in total. The molecule has 1 amide bonds. The van der Waals surface area contributed by atoms with Gasteiger partial charge in [-0.25, -0.2) is 28.5 Å². The Morgan fingerprint density at radius 3 is 2.36 bits per heavy atom. The third-order valence-corrected chi connectivity index (χ3v) is 9.30. The average molecular weight is 666 g/mol. The molecule has 2 saturated heterocycles. The number of nitrogen functional groups attached to an aromatic ring is 1. The maximum absolute atomic E-state index is 14.8. The summed E-state index contributed by atoms with van der Waals surface area (Å²) >= 11 is 0. The van der Waals surface area contributed by atoms with Gasteiger partial charge < -0.3 is 46.0 Å². The third-order valence-electron chi connectivity index (χ3n) is 6.70. The highest BCUT2D eigenvalue weighted by atomic mass is 31.3. The minimum absolute atomic E-state index is 0.0139. The van der Waals surface area contributed by atoms with Crippen molar-refractivity contribution in [1.29, 1.82) is 0 Å². The number of pyridine rings is 1. The maximum Gasteiger partial charge on any atom is 0.481 e. The minimum Gasteiger partial charge on any atom is -0.387 e. The van der Waals surface area contributed by atoms with Crippen molar-refractivity contribution in [1.82, 2.24) is 19.5 Å². The van der Waals surface area contributed by atoms with E-state index >= 15 is 0 Å². The lowest BCUT2D eigenvalue weighted by molar-refractivity contribution is -0.764. The lowest BCUT2D eigenvalue weighted by atomic mass is 10.1. The largest absolute Gasteiger partial charge is 0.481 e. The number of anilines is 1. The summed E-state index contributed by atoms with van der Waals surface area (Å²) in [6, 6.07) is 2.74. The van der Waals surface area contributed by atoms with Gasteiger partial charge in [0.05, 0.1) is 19.5 Å². The fourth-order valence-electron chi connectivity index (χ4n) is 4.54. The van der Waals surface area contributed by atoms with Crippen molar-refractivity contribution in [2.45, 2.75) is 49.1 Å². The molecule has 10 atom stereocenters. The van der Waals surface area contributed by atoms with E-state index in [0.29, 0.717) is 0 Å². The highest BCUT2D eigenvalue weighted by Crippen LogP contribution is 2.60. The number of alkyl halides is 1. The van der Waals surface area contributed by atoms with Crippen molar-refractivity contribution in [3.05, 3.63) is 42.7 Å². The van der Waals surface area contributed by atoms with E-state index in [1.165, 1.54) is 35.4 Å². The predicted octanol–water partition coefficient (Wildman–Crippen LogP) is -2.04. The van der Waals surface area contributed by atoms with Gasteiger partial charge in [0, 0.05) is 6.07 Å². The zero-order valence-electron chi connectivity index (χ0n) is 22.2. The number of ether oxygens (including phenoxy) is 2. The van der Waals surface area contributed by atoms with Crippen LogP contribution in [0.15, 0.2) is 37.2 Å². The summed E-state index contributed by atoms with van der Waals surface area (Å²) < 4.78 is 66.4. The summed E-state index contributed by atoms with van der Waals surface area (Å²) in [7, 11) is -10.8. The first-order valence-electron chi connectivity index (χ1n) is 12.6. The highest BCUT2D eigenvalue weighted by molar-refractivity contribution is 7.61. The molecule has 0 spiro atoms. The van der Waals surface area contributed by atoms with E-state index in [1.54, 1.807) is 0 Å². The molecule has 44 heavy (non-hydrogen) atoms. The van der Waals surface area contributed by atoms with Crippen LogP contribution in [0.3, 0.4) is 0 Å². The van der Waals surface area contributed by atoms with Crippen LogP contribution >= 0.6 is 15.6 Å². The van der Waals surface area contributed by atoms with E-state index in [9.17, 15) is 43.4 Å². The number of fused-ring (bicyclic) bond motifs is 1. The molecule has 2 aliphatic rings. The highest BCUT2D eigenvalue weighted by Gasteiger charge is 2.51. The van der Waals surface area contributed by atoms with Crippen LogP contribution in [0.5, 0.6) is 0 Å². The van der Waals surface area contributed by atoms with Crippen LogP contribution in [0.2, 0.25) is 0 Å². The number of nitrogens with zero attached hydrogens (tertiary/aromatic N) is 5. The molecular weight excluding hydrogens is 639 g/mol. The van der Waals surface area contributed by atoms with Crippen LogP contribution < -0.4 is 16.0 Å². The molecule has 0 bridgehead atoms. The van der Waals surface area contributed by atoms with Crippen molar-refractivity contribution in [2.24, 2.45) is 5.73 Å². The Kier molecular flexibility index (Phi) is 9.11. The number of imidazole rings is 1. The SMILES string of the molecule is NC(=O)c1ccc[n+]([C@@H]2O[C@H](COP(=O)(O)OP(=O)(O)OC[C@H]3O[C@@H](n4cnc5c(N)ncnc54)[C@H](O)[C@@H]3O)[C@@H](O)[C@H]2F)c1. The Morgan fingerprint density at radius 2 is 1.70 bits per heavy atom. The molecule has 20 nitrogen and oxygen atoms in total. The minimum atomic E-state index is -5.41. The van der Waals surface area contributed by atoms with Crippen LogP contribution in [0, 0.1) is 0 Å². The molecule has 2 aliphatic heterocycles. The number of nitrogens with two attached hydrogens (primary N) is 2. The Balaban J connectivity index is 1.16. The van der Waals surface area contributed by atoms with Gasteiger partial charge in [0.15, 0.2) is 30.1 Å². The van der Waals surface area contributed by atoms with E-state index in [2.05, 4.69) is 28.3 Å². The first kappa shape index (κ1) is 32.4. The smallest absolute Gasteiger partial charge is 0.387 e.